The first-order valence-electron chi connectivity index (χ1n) is 0. The van der Waals surface area contributed by atoms with E-state index in [1.165, 1.54) is 0 Å². The van der Waals surface area contributed by atoms with Crippen molar-refractivity contribution in [3.05, 3.63) is 0 Å². The smallest absolute Gasteiger partial charge is 2.00 e. The molecule has 0 aliphatic rings. The maximum Gasteiger partial charge on any atom is 5.00 e. The Kier molecular flexibility index (Phi) is 412. The average Bonchev–Trinajstić information content (AvgIpc) is 0. The van der Waals surface area contributed by atoms with E-state index in [1.807, 2.05) is 0 Å². The second-order valence-electron chi connectivity index (χ2n) is 0. The van der Waals surface area contributed by atoms with Crippen LogP contribution in [0.15, 0.2) is 0 Å². The van der Waals surface area contributed by atoms with Crippen LogP contribution in [0.25, 0.3) is 0 Å². The van der Waals surface area contributed by atoms with Crippen molar-refractivity contribution < 1.29 is 52.8 Å². The van der Waals surface area contributed by atoms with Crippen LogP contribution < -0.4 is 0 Å². The molecule has 2 nitrogen and oxygen atoms in total. The van der Waals surface area contributed by atoms with Crippen molar-refractivity contribution in [2.45, 2.75) is 0 Å². The van der Waals surface area contributed by atoms with Gasteiger partial charge in [0.15, 0.2) is 0 Å². The average molecular weight is 190 g/mol. The van der Waals surface area contributed by atoms with Crippen molar-refractivity contribution in [3.8, 4) is 0 Å². The van der Waals surface area contributed by atoms with Crippen molar-refractivity contribution in [2.24, 2.45) is 0 Å². The fourth-order valence-electron chi connectivity index (χ4n) is 0. The van der Waals surface area contributed by atoms with Gasteiger partial charge in [-0.05, 0) is 0 Å². The van der Waals surface area contributed by atoms with Gasteiger partial charge in [0, 0.05) is 0 Å². The van der Waals surface area contributed by atoms with E-state index in [1.54, 1.807) is 0 Å². The van der Waals surface area contributed by atoms with Gasteiger partial charge in [-0.15, -0.1) is 0 Å². The standard InChI is InChI=1S/Nb.2O.Zn/q+5;2*-2;+2. The summed E-state index contributed by atoms with van der Waals surface area (Å²) in [5.74, 6) is 0. The van der Waals surface area contributed by atoms with E-state index in [0.717, 1.165) is 0 Å². The van der Waals surface area contributed by atoms with Gasteiger partial charge in [0.1, 0.15) is 0 Å². The Hall–Kier alpha value is 1.28. The van der Waals surface area contributed by atoms with Gasteiger partial charge < -0.3 is 11.0 Å². The Bertz CT molecular complexity index is 6.00. The monoisotopic (exact) mass is 189 g/mol. The molecule has 0 aromatic heterocycles. The van der Waals surface area contributed by atoms with Crippen LogP contribution >= 0.6 is 0 Å². The summed E-state index contributed by atoms with van der Waals surface area (Å²) in [5, 5.41) is 0. The van der Waals surface area contributed by atoms with Crippen molar-refractivity contribution in [1.29, 1.82) is 0 Å². The predicted octanol–water partition coefficient (Wildman–Crippen LogP) is -0.243. The second kappa shape index (κ2) is 28.0. The molecule has 4 heavy (non-hydrogen) atoms. The SMILES string of the molecule is [Nb+5].[O-2].[O-2].[Zn+2]. The van der Waals surface area contributed by atoms with Gasteiger partial charge in [-0.1, -0.05) is 0 Å². The van der Waals surface area contributed by atoms with Crippen LogP contribution in [0.4, 0.5) is 0 Å². The first-order valence-corrected chi connectivity index (χ1v) is 0. The Morgan fingerprint density at radius 2 is 0.750 bits per heavy atom. The molecule has 0 N–H and O–H groups in total. The molecule has 0 saturated carbocycles. The third kappa shape index (κ3) is 10.4. The van der Waals surface area contributed by atoms with E-state index < -0.39 is 0 Å². The fourth-order valence-corrected chi connectivity index (χ4v) is 0. The van der Waals surface area contributed by atoms with Crippen molar-refractivity contribution in [2.75, 3.05) is 0 Å². The van der Waals surface area contributed by atoms with E-state index in [-0.39, 0.29) is 52.8 Å². The summed E-state index contributed by atoms with van der Waals surface area (Å²) in [7, 11) is 0. The Balaban J connectivity index is 0. The topological polar surface area (TPSA) is 57.0 Å². The largest absolute Gasteiger partial charge is 5.00 e. The maximum atomic E-state index is 0. The molecule has 4 heteroatoms. The molecule has 0 heterocycles. The molecule has 0 fully saturated rings. The molecule has 0 aliphatic carbocycles. The molecule has 0 radical (unpaired) electrons. The van der Waals surface area contributed by atoms with Crippen LogP contribution in [0.5, 0.6) is 0 Å². The van der Waals surface area contributed by atoms with Crippen LogP contribution in [-0.2, 0) is 52.8 Å². The Morgan fingerprint density at radius 3 is 0.750 bits per heavy atom. The summed E-state index contributed by atoms with van der Waals surface area (Å²) in [6, 6.07) is 0. The molecule has 0 atom stereocenters. The van der Waals surface area contributed by atoms with Crippen LogP contribution in [0, 0.1) is 0 Å². The quantitative estimate of drug-likeness (QED) is 0.473. The number of hydrogen-bond acceptors (Lipinski definition) is 0. The van der Waals surface area contributed by atoms with Gasteiger partial charge in [-0.3, -0.25) is 0 Å². The normalized spacial score (nSPS) is 0. The van der Waals surface area contributed by atoms with Gasteiger partial charge in [-0.25, -0.2) is 0 Å². The minimum absolute atomic E-state index is 0. The summed E-state index contributed by atoms with van der Waals surface area (Å²) >= 11 is 0. The zero-order valence-electron chi connectivity index (χ0n) is 1.97. The first kappa shape index (κ1) is 58.8. The summed E-state index contributed by atoms with van der Waals surface area (Å²) in [4.78, 5) is 0. The predicted molar refractivity (Wildman–Crippen MR) is 1.37 cm³/mol. The van der Waals surface area contributed by atoms with Crippen molar-refractivity contribution in [3.63, 3.8) is 0 Å². The fraction of sp³-hybridized carbons (Fsp3) is 0. The molecule has 0 spiro atoms. The molecule has 0 unspecified atom stereocenters. The van der Waals surface area contributed by atoms with Crippen LogP contribution in [0.1, 0.15) is 0 Å². The summed E-state index contributed by atoms with van der Waals surface area (Å²) in [6.07, 6.45) is 0. The summed E-state index contributed by atoms with van der Waals surface area (Å²) < 4.78 is 0. The molecule has 16 valence electrons. The Morgan fingerprint density at radius 1 is 0.750 bits per heavy atom. The van der Waals surface area contributed by atoms with Crippen molar-refractivity contribution >= 4 is 0 Å². The molecule has 0 saturated heterocycles. The minimum Gasteiger partial charge on any atom is -2.00 e. The number of hydrogen-bond donors (Lipinski definition) is 0. The maximum absolute atomic E-state index is 0. The van der Waals surface area contributed by atoms with E-state index in [0.29, 0.717) is 0 Å². The van der Waals surface area contributed by atoms with Gasteiger partial charge in [0.25, 0.3) is 0 Å². The van der Waals surface area contributed by atoms with Gasteiger partial charge in [-0.2, -0.15) is 0 Å². The molecule has 0 bridgehead atoms. The molecular formula is NbO2Zn+3. The van der Waals surface area contributed by atoms with Gasteiger partial charge in [0.05, 0.1) is 0 Å². The summed E-state index contributed by atoms with van der Waals surface area (Å²) in [6.45, 7) is 0. The van der Waals surface area contributed by atoms with Gasteiger partial charge in [0.2, 0.25) is 0 Å². The molecule has 0 rings (SSSR count). The molecule has 0 aromatic carbocycles. The molecular weight excluding hydrogens is 190 g/mol. The van der Waals surface area contributed by atoms with Crippen molar-refractivity contribution in [1.82, 2.24) is 0 Å². The van der Waals surface area contributed by atoms with E-state index in [2.05, 4.69) is 0 Å². The second-order valence-corrected chi connectivity index (χ2v) is 0. The van der Waals surface area contributed by atoms with Gasteiger partial charge >= 0.3 is 41.9 Å². The van der Waals surface area contributed by atoms with Crippen LogP contribution in [-0.4, -0.2) is 0 Å². The first-order chi connectivity index (χ1) is 0. The van der Waals surface area contributed by atoms with E-state index >= 15 is 0 Å². The third-order valence-electron chi connectivity index (χ3n) is 0. The molecule has 0 aliphatic heterocycles. The van der Waals surface area contributed by atoms with Crippen LogP contribution in [0.3, 0.4) is 0 Å². The molecule has 0 amide bonds. The molecule has 0 aromatic rings. The van der Waals surface area contributed by atoms with Crippen LogP contribution in [0.2, 0.25) is 0 Å². The Labute approximate surface area is 52.8 Å². The van der Waals surface area contributed by atoms with E-state index in [9.17, 15) is 0 Å². The third-order valence-corrected chi connectivity index (χ3v) is 0. The zero-order valence-corrected chi connectivity index (χ0v) is 7.14. The summed E-state index contributed by atoms with van der Waals surface area (Å²) in [5.41, 5.74) is 0. The zero-order chi connectivity index (χ0) is 0. The minimum atomic E-state index is 0. The number of rotatable bonds is 0. The van der Waals surface area contributed by atoms with E-state index in [4.69, 9.17) is 0 Å².